The summed E-state index contributed by atoms with van der Waals surface area (Å²) in [5, 5.41) is 0. The van der Waals surface area contributed by atoms with Crippen molar-refractivity contribution in [3.05, 3.63) is 12.2 Å². The standard InChI is InChI=1S/C11H20O2/c1-6-9(2)13-10(12)7-8-11(3,4)5/h7-9H,6H2,1-5H3. The van der Waals surface area contributed by atoms with Crippen LogP contribution in [0.5, 0.6) is 0 Å². The first kappa shape index (κ1) is 12.2. The van der Waals surface area contributed by atoms with Crippen molar-refractivity contribution in [3.8, 4) is 0 Å². The second kappa shape index (κ2) is 5.05. The summed E-state index contributed by atoms with van der Waals surface area (Å²) in [6, 6.07) is 0. The number of hydrogen-bond acceptors (Lipinski definition) is 2. The predicted octanol–water partition coefficient (Wildman–Crippen LogP) is 2.93. The molecule has 1 unspecified atom stereocenters. The summed E-state index contributed by atoms with van der Waals surface area (Å²) in [6.07, 6.45) is 4.23. The van der Waals surface area contributed by atoms with Gasteiger partial charge in [0.2, 0.25) is 0 Å². The number of allylic oxidation sites excluding steroid dienone is 1. The van der Waals surface area contributed by atoms with Crippen molar-refractivity contribution in [2.75, 3.05) is 0 Å². The van der Waals surface area contributed by atoms with Gasteiger partial charge in [-0.3, -0.25) is 0 Å². The van der Waals surface area contributed by atoms with Crippen LogP contribution >= 0.6 is 0 Å². The molecule has 1 atom stereocenters. The van der Waals surface area contributed by atoms with E-state index in [4.69, 9.17) is 4.74 Å². The molecule has 0 heterocycles. The predicted molar refractivity (Wildman–Crippen MR) is 54.4 cm³/mol. The van der Waals surface area contributed by atoms with Crippen molar-refractivity contribution in [1.82, 2.24) is 0 Å². The van der Waals surface area contributed by atoms with Crippen LogP contribution < -0.4 is 0 Å². The maximum atomic E-state index is 11.2. The van der Waals surface area contributed by atoms with Crippen molar-refractivity contribution >= 4 is 5.97 Å². The van der Waals surface area contributed by atoms with E-state index in [2.05, 4.69) is 0 Å². The second-order valence-electron chi connectivity index (χ2n) is 4.36. The summed E-state index contributed by atoms with van der Waals surface area (Å²) in [4.78, 5) is 11.2. The molecule has 0 saturated carbocycles. The number of carbonyl (C=O) groups is 1. The lowest BCUT2D eigenvalue weighted by Crippen LogP contribution is -2.12. The van der Waals surface area contributed by atoms with Crippen LogP contribution in [0, 0.1) is 5.41 Å². The molecule has 0 aromatic rings. The Morgan fingerprint density at radius 2 is 2.00 bits per heavy atom. The van der Waals surface area contributed by atoms with Gasteiger partial charge in [0.25, 0.3) is 0 Å². The summed E-state index contributed by atoms with van der Waals surface area (Å²) >= 11 is 0. The molecule has 0 N–H and O–H groups in total. The first-order chi connectivity index (χ1) is 5.85. The van der Waals surface area contributed by atoms with Gasteiger partial charge in [-0.25, -0.2) is 4.79 Å². The van der Waals surface area contributed by atoms with E-state index >= 15 is 0 Å². The highest BCUT2D eigenvalue weighted by atomic mass is 16.5. The van der Waals surface area contributed by atoms with Crippen LogP contribution in [0.15, 0.2) is 12.2 Å². The molecular formula is C11H20O2. The van der Waals surface area contributed by atoms with Gasteiger partial charge in [-0.1, -0.05) is 33.8 Å². The molecular weight excluding hydrogens is 164 g/mol. The quantitative estimate of drug-likeness (QED) is 0.498. The molecule has 2 nitrogen and oxygen atoms in total. The van der Waals surface area contributed by atoms with E-state index in [1.54, 1.807) is 0 Å². The van der Waals surface area contributed by atoms with Crippen LogP contribution in [0.1, 0.15) is 41.0 Å². The highest BCUT2D eigenvalue weighted by Gasteiger charge is 2.07. The topological polar surface area (TPSA) is 26.3 Å². The Hall–Kier alpha value is -0.790. The van der Waals surface area contributed by atoms with Crippen molar-refractivity contribution in [3.63, 3.8) is 0 Å². The van der Waals surface area contributed by atoms with Gasteiger partial charge in [0.1, 0.15) is 0 Å². The molecule has 0 spiro atoms. The average Bonchev–Trinajstić information content (AvgIpc) is 1.99. The second-order valence-corrected chi connectivity index (χ2v) is 4.36. The van der Waals surface area contributed by atoms with Gasteiger partial charge < -0.3 is 4.74 Å². The van der Waals surface area contributed by atoms with Crippen LogP contribution in [0.3, 0.4) is 0 Å². The van der Waals surface area contributed by atoms with E-state index in [9.17, 15) is 4.79 Å². The van der Waals surface area contributed by atoms with Crippen LogP contribution in [-0.4, -0.2) is 12.1 Å². The van der Waals surface area contributed by atoms with Crippen LogP contribution in [0.25, 0.3) is 0 Å². The Morgan fingerprint density at radius 3 is 2.38 bits per heavy atom. The van der Waals surface area contributed by atoms with Crippen LogP contribution in [0.2, 0.25) is 0 Å². The van der Waals surface area contributed by atoms with Gasteiger partial charge >= 0.3 is 5.97 Å². The summed E-state index contributed by atoms with van der Waals surface area (Å²) in [7, 11) is 0. The highest BCUT2D eigenvalue weighted by molar-refractivity contribution is 5.82. The van der Waals surface area contributed by atoms with Crippen molar-refractivity contribution in [1.29, 1.82) is 0 Å². The van der Waals surface area contributed by atoms with Crippen LogP contribution in [0.4, 0.5) is 0 Å². The fraction of sp³-hybridized carbons (Fsp3) is 0.727. The van der Waals surface area contributed by atoms with Gasteiger partial charge in [-0.05, 0) is 18.8 Å². The molecule has 0 saturated heterocycles. The lowest BCUT2D eigenvalue weighted by molar-refractivity contribution is -0.142. The van der Waals surface area contributed by atoms with E-state index < -0.39 is 0 Å². The van der Waals surface area contributed by atoms with Gasteiger partial charge in [0.15, 0.2) is 0 Å². The minimum Gasteiger partial charge on any atom is -0.460 e. The Morgan fingerprint density at radius 1 is 1.46 bits per heavy atom. The molecule has 0 aromatic heterocycles. The number of ether oxygens (including phenoxy) is 1. The lowest BCUT2D eigenvalue weighted by atomic mass is 9.96. The molecule has 0 radical (unpaired) electrons. The van der Waals surface area contributed by atoms with Crippen molar-refractivity contribution < 1.29 is 9.53 Å². The van der Waals surface area contributed by atoms with Gasteiger partial charge in [0, 0.05) is 6.08 Å². The Bertz CT molecular complexity index is 187. The van der Waals surface area contributed by atoms with E-state index in [0.29, 0.717) is 0 Å². The average molecular weight is 184 g/mol. The third kappa shape index (κ3) is 7.57. The number of carbonyl (C=O) groups excluding carboxylic acids is 1. The molecule has 0 aliphatic carbocycles. The first-order valence-electron chi connectivity index (χ1n) is 4.75. The molecule has 76 valence electrons. The summed E-state index contributed by atoms with van der Waals surface area (Å²) in [6.45, 7) is 10.0. The highest BCUT2D eigenvalue weighted by Crippen LogP contribution is 2.14. The van der Waals surface area contributed by atoms with Gasteiger partial charge in [-0.15, -0.1) is 0 Å². The third-order valence-corrected chi connectivity index (χ3v) is 1.61. The largest absolute Gasteiger partial charge is 0.460 e. The maximum Gasteiger partial charge on any atom is 0.330 e. The number of esters is 1. The van der Waals surface area contributed by atoms with E-state index in [0.717, 1.165) is 6.42 Å². The Labute approximate surface area is 81.0 Å². The smallest absolute Gasteiger partial charge is 0.330 e. The molecule has 0 aromatic carbocycles. The van der Waals surface area contributed by atoms with E-state index in [-0.39, 0.29) is 17.5 Å². The molecule has 0 amide bonds. The van der Waals surface area contributed by atoms with E-state index in [1.165, 1.54) is 6.08 Å². The lowest BCUT2D eigenvalue weighted by Gasteiger charge is -2.12. The minimum absolute atomic E-state index is 0.0112. The fourth-order valence-corrected chi connectivity index (χ4v) is 0.639. The molecule has 0 aliphatic rings. The Kier molecular flexibility index (Phi) is 4.74. The minimum atomic E-state index is -0.246. The summed E-state index contributed by atoms with van der Waals surface area (Å²) in [5.41, 5.74) is 0.0362. The van der Waals surface area contributed by atoms with Gasteiger partial charge in [-0.2, -0.15) is 0 Å². The zero-order valence-electron chi connectivity index (χ0n) is 9.26. The zero-order chi connectivity index (χ0) is 10.5. The first-order valence-corrected chi connectivity index (χ1v) is 4.75. The van der Waals surface area contributed by atoms with Gasteiger partial charge in [0.05, 0.1) is 6.10 Å². The number of rotatable bonds is 3. The Balaban J connectivity index is 3.95. The van der Waals surface area contributed by atoms with Crippen molar-refractivity contribution in [2.45, 2.75) is 47.1 Å². The van der Waals surface area contributed by atoms with E-state index in [1.807, 2.05) is 40.7 Å². The molecule has 0 fully saturated rings. The van der Waals surface area contributed by atoms with Crippen molar-refractivity contribution in [2.24, 2.45) is 5.41 Å². The SMILES string of the molecule is CCC(C)OC(=O)C=CC(C)(C)C. The third-order valence-electron chi connectivity index (χ3n) is 1.61. The van der Waals surface area contributed by atoms with Crippen LogP contribution in [-0.2, 0) is 9.53 Å². The molecule has 13 heavy (non-hydrogen) atoms. The molecule has 2 heteroatoms. The summed E-state index contributed by atoms with van der Waals surface area (Å²) < 4.78 is 5.07. The molecule has 0 rings (SSSR count). The summed E-state index contributed by atoms with van der Waals surface area (Å²) in [5.74, 6) is -0.246. The fourth-order valence-electron chi connectivity index (χ4n) is 0.639. The maximum absolute atomic E-state index is 11.2. The normalized spacial score (nSPS) is 14.5. The monoisotopic (exact) mass is 184 g/mol. The molecule has 0 aliphatic heterocycles. The zero-order valence-corrected chi connectivity index (χ0v) is 9.26. The number of hydrogen-bond donors (Lipinski definition) is 0. The molecule has 0 bridgehead atoms.